The first-order valence-corrected chi connectivity index (χ1v) is 6.76. The van der Waals surface area contributed by atoms with Gasteiger partial charge in [-0.05, 0) is 39.5 Å². The number of piperidine rings is 1. The highest BCUT2D eigenvalue weighted by Gasteiger charge is 2.32. The molecule has 0 aromatic rings. The third-order valence-electron chi connectivity index (χ3n) is 3.57. The van der Waals surface area contributed by atoms with Gasteiger partial charge in [0.15, 0.2) is 0 Å². The monoisotopic (exact) mass is 239 g/mol. The van der Waals surface area contributed by atoms with Crippen molar-refractivity contribution in [2.75, 3.05) is 13.1 Å². The lowest BCUT2D eigenvalue weighted by molar-refractivity contribution is -0.123. The molecule has 1 aliphatic carbocycles. The molecule has 0 unspecified atom stereocenters. The zero-order valence-corrected chi connectivity index (χ0v) is 11.0. The number of nitrogens with zero attached hydrogens (tertiary/aromatic N) is 1. The minimum atomic E-state index is -0.404. The van der Waals surface area contributed by atoms with E-state index in [2.05, 4.69) is 10.2 Å². The Labute approximate surface area is 104 Å². The van der Waals surface area contributed by atoms with Crippen LogP contribution in [0.4, 0.5) is 0 Å². The van der Waals surface area contributed by atoms with Crippen LogP contribution < -0.4 is 11.1 Å². The number of nitrogens with one attached hydrogen (secondary N) is 1. The van der Waals surface area contributed by atoms with E-state index in [1.54, 1.807) is 0 Å². The van der Waals surface area contributed by atoms with Crippen molar-refractivity contribution in [3.8, 4) is 0 Å². The maximum absolute atomic E-state index is 11.7. The summed E-state index contributed by atoms with van der Waals surface area (Å²) in [4.78, 5) is 14.3. The summed E-state index contributed by atoms with van der Waals surface area (Å²) in [5.74, 6) is 0.0994. The highest BCUT2D eigenvalue weighted by molar-refractivity contribution is 5.77. The molecule has 0 radical (unpaired) electrons. The Morgan fingerprint density at radius 2 is 1.88 bits per heavy atom. The minimum Gasteiger partial charge on any atom is -0.353 e. The van der Waals surface area contributed by atoms with Gasteiger partial charge in [0, 0.05) is 37.1 Å². The molecule has 1 heterocycles. The lowest BCUT2D eigenvalue weighted by Crippen LogP contribution is -2.47. The van der Waals surface area contributed by atoms with E-state index in [4.69, 9.17) is 5.73 Å². The van der Waals surface area contributed by atoms with Crippen molar-refractivity contribution < 1.29 is 4.79 Å². The molecule has 0 spiro atoms. The van der Waals surface area contributed by atoms with Crippen molar-refractivity contribution >= 4 is 5.91 Å². The number of hydrogen-bond donors (Lipinski definition) is 2. The number of likely N-dealkylation sites (tertiary alicyclic amines) is 1. The second kappa shape index (κ2) is 4.94. The van der Waals surface area contributed by atoms with Crippen LogP contribution in [0.25, 0.3) is 0 Å². The van der Waals surface area contributed by atoms with E-state index in [1.165, 1.54) is 12.8 Å². The Kier molecular flexibility index (Phi) is 3.73. The summed E-state index contributed by atoms with van der Waals surface area (Å²) in [5.41, 5.74) is 5.44. The average Bonchev–Trinajstić information content (AvgIpc) is 2.99. The highest BCUT2D eigenvalue weighted by Crippen LogP contribution is 2.29. The Morgan fingerprint density at radius 1 is 1.29 bits per heavy atom. The Hall–Kier alpha value is -0.610. The van der Waals surface area contributed by atoms with Gasteiger partial charge in [0.25, 0.3) is 0 Å². The number of carbonyl (C=O) groups excluding carboxylic acids is 1. The lowest BCUT2D eigenvalue weighted by Gasteiger charge is -2.32. The van der Waals surface area contributed by atoms with Crippen molar-refractivity contribution in [2.24, 2.45) is 5.73 Å². The number of amides is 1. The van der Waals surface area contributed by atoms with Gasteiger partial charge in [-0.2, -0.15) is 0 Å². The number of nitrogens with two attached hydrogens (primary N) is 1. The van der Waals surface area contributed by atoms with E-state index >= 15 is 0 Å². The van der Waals surface area contributed by atoms with E-state index in [9.17, 15) is 4.79 Å². The number of hydrogen-bond acceptors (Lipinski definition) is 3. The predicted octanol–water partition coefficient (Wildman–Crippen LogP) is 0.857. The molecule has 4 heteroatoms. The van der Waals surface area contributed by atoms with Crippen LogP contribution in [0.1, 0.15) is 46.0 Å². The van der Waals surface area contributed by atoms with E-state index in [1.807, 2.05) is 13.8 Å². The molecule has 0 atom stereocenters. The average molecular weight is 239 g/mol. The maximum atomic E-state index is 11.7. The molecule has 98 valence electrons. The summed E-state index contributed by atoms with van der Waals surface area (Å²) >= 11 is 0. The summed E-state index contributed by atoms with van der Waals surface area (Å²) in [6.45, 7) is 6.06. The zero-order chi connectivity index (χ0) is 12.5. The van der Waals surface area contributed by atoms with Crippen LogP contribution in [0.15, 0.2) is 0 Å². The van der Waals surface area contributed by atoms with Crippen molar-refractivity contribution in [3.05, 3.63) is 0 Å². The molecule has 0 aromatic heterocycles. The molecular formula is C13H25N3O. The Balaban J connectivity index is 1.68. The molecule has 17 heavy (non-hydrogen) atoms. The molecule has 3 N–H and O–H groups in total. The topological polar surface area (TPSA) is 58.4 Å². The van der Waals surface area contributed by atoms with Gasteiger partial charge in [-0.25, -0.2) is 0 Å². The van der Waals surface area contributed by atoms with Gasteiger partial charge >= 0.3 is 0 Å². The molecule has 4 nitrogen and oxygen atoms in total. The largest absolute Gasteiger partial charge is 0.353 e. The highest BCUT2D eigenvalue weighted by atomic mass is 16.1. The third-order valence-corrected chi connectivity index (χ3v) is 3.57. The molecule has 1 saturated carbocycles. The van der Waals surface area contributed by atoms with Crippen LogP contribution in [0.5, 0.6) is 0 Å². The third kappa shape index (κ3) is 4.28. The molecule has 1 aliphatic heterocycles. The smallest absolute Gasteiger partial charge is 0.222 e. The zero-order valence-electron chi connectivity index (χ0n) is 11.0. The summed E-state index contributed by atoms with van der Waals surface area (Å²) in [5, 5.41) is 3.11. The van der Waals surface area contributed by atoms with Gasteiger partial charge in [-0.3, -0.25) is 4.79 Å². The van der Waals surface area contributed by atoms with Gasteiger partial charge in [-0.15, -0.1) is 0 Å². The van der Waals surface area contributed by atoms with Gasteiger partial charge < -0.3 is 16.0 Å². The first-order chi connectivity index (χ1) is 7.94. The molecular weight excluding hydrogens is 214 g/mol. The van der Waals surface area contributed by atoms with Crippen LogP contribution >= 0.6 is 0 Å². The minimum absolute atomic E-state index is 0.0994. The quantitative estimate of drug-likeness (QED) is 0.765. The predicted molar refractivity (Wildman–Crippen MR) is 68.6 cm³/mol. The first-order valence-electron chi connectivity index (χ1n) is 6.76. The fraction of sp³-hybridized carbons (Fsp3) is 0.923. The number of carbonyl (C=O) groups is 1. The molecule has 1 amide bonds. The van der Waals surface area contributed by atoms with Crippen LogP contribution in [0.3, 0.4) is 0 Å². The van der Waals surface area contributed by atoms with Crippen LogP contribution in [0.2, 0.25) is 0 Å². The SMILES string of the molecule is CC(C)(N)CC(=O)NC1CCN(C2CC2)CC1. The van der Waals surface area contributed by atoms with E-state index in [-0.39, 0.29) is 5.91 Å². The second-order valence-electron chi connectivity index (χ2n) is 6.27. The van der Waals surface area contributed by atoms with Gasteiger partial charge in [0.05, 0.1) is 0 Å². The van der Waals surface area contributed by atoms with E-state index in [0.717, 1.165) is 32.0 Å². The Morgan fingerprint density at radius 3 is 2.35 bits per heavy atom. The van der Waals surface area contributed by atoms with Crippen molar-refractivity contribution in [1.82, 2.24) is 10.2 Å². The van der Waals surface area contributed by atoms with Gasteiger partial charge in [0.2, 0.25) is 5.91 Å². The summed E-state index contributed by atoms with van der Waals surface area (Å²) < 4.78 is 0. The van der Waals surface area contributed by atoms with Crippen LogP contribution in [-0.4, -0.2) is 41.5 Å². The maximum Gasteiger partial charge on any atom is 0.222 e. The summed E-state index contributed by atoms with van der Waals surface area (Å²) in [6, 6.07) is 1.22. The second-order valence-corrected chi connectivity index (χ2v) is 6.27. The fourth-order valence-electron chi connectivity index (χ4n) is 2.54. The fourth-order valence-corrected chi connectivity index (χ4v) is 2.54. The standard InChI is InChI=1S/C13H25N3O/c1-13(2,14)9-12(17)15-10-5-7-16(8-6-10)11-3-4-11/h10-11H,3-9,14H2,1-2H3,(H,15,17). The van der Waals surface area contributed by atoms with Crippen LogP contribution in [0, 0.1) is 0 Å². The lowest BCUT2D eigenvalue weighted by atomic mass is 10.00. The van der Waals surface area contributed by atoms with E-state index in [0.29, 0.717) is 12.5 Å². The van der Waals surface area contributed by atoms with Crippen molar-refractivity contribution in [1.29, 1.82) is 0 Å². The summed E-state index contributed by atoms with van der Waals surface area (Å²) in [7, 11) is 0. The molecule has 2 fully saturated rings. The molecule has 2 aliphatic rings. The van der Waals surface area contributed by atoms with Crippen molar-refractivity contribution in [2.45, 2.75) is 63.6 Å². The normalized spacial score (nSPS) is 23.7. The Bertz CT molecular complexity index is 273. The van der Waals surface area contributed by atoms with Gasteiger partial charge in [-0.1, -0.05) is 0 Å². The molecule has 2 rings (SSSR count). The van der Waals surface area contributed by atoms with Crippen molar-refractivity contribution in [3.63, 3.8) is 0 Å². The first kappa shape index (κ1) is 12.8. The van der Waals surface area contributed by atoms with Crippen LogP contribution in [-0.2, 0) is 4.79 Å². The molecule has 1 saturated heterocycles. The number of rotatable bonds is 4. The van der Waals surface area contributed by atoms with Gasteiger partial charge in [0.1, 0.15) is 0 Å². The van der Waals surface area contributed by atoms with E-state index < -0.39 is 5.54 Å². The molecule has 0 aromatic carbocycles. The molecule has 0 bridgehead atoms. The summed E-state index contributed by atoms with van der Waals surface area (Å²) in [6.07, 6.45) is 5.34.